The van der Waals surface area contributed by atoms with Crippen LogP contribution in [0.2, 0.25) is 0 Å². The standard InChI is InChI=1S/C14H20N2O4/c1-3-20-13(17)5-4-6-16-14(18)10-7-11(15)9-12(8-10)19-2/h7-9H,3-6,15H2,1-2H3,(H,16,18). The Kier molecular flexibility index (Phi) is 6.36. The third-order valence-electron chi connectivity index (χ3n) is 2.58. The van der Waals surface area contributed by atoms with Gasteiger partial charge in [0.25, 0.3) is 5.91 Å². The third kappa shape index (κ3) is 5.17. The zero-order valence-electron chi connectivity index (χ0n) is 11.8. The van der Waals surface area contributed by atoms with Gasteiger partial charge in [0.05, 0.1) is 13.7 Å². The molecule has 6 nitrogen and oxygen atoms in total. The lowest BCUT2D eigenvalue weighted by Gasteiger charge is -2.08. The Labute approximate surface area is 118 Å². The molecule has 1 aromatic rings. The van der Waals surface area contributed by atoms with Crippen molar-refractivity contribution in [2.75, 3.05) is 26.0 Å². The van der Waals surface area contributed by atoms with Gasteiger partial charge in [-0.1, -0.05) is 0 Å². The third-order valence-corrected chi connectivity index (χ3v) is 2.58. The van der Waals surface area contributed by atoms with E-state index in [2.05, 4.69) is 5.32 Å². The van der Waals surface area contributed by atoms with E-state index in [0.29, 0.717) is 36.6 Å². The molecule has 110 valence electrons. The highest BCUT2D eigenvalue weighted by Crippen LogP contribution is 2.18. The number of hydrogen-bond acceptors (Lipinski definition) is 5. The SMILES string of the molecule is CCOC(=O)CCCNC(=O)c1cc(N)cc(OC)c1. The highest BCUT2D eigenvalue weighted by Gasteiger charge is 2.08. The molecule has 0 saturated carbocycles. The van der Waals surface area contributed by atoms with Crippen molar-refractivity contribution < 1.29 is 19.1 Å². The number of hydrogen-bond donors (Lipinski definition) is 2. The minimum atomic E-state index is -0.257. The summed E-state index contributed by atoms with van der Waals surface area (Å²) in [5, 5.41) is 2.72. The maximum absolute atomic E-state index is 11.9. The smallest absolute Gasteiger partial charge is 0.305 e. The number of nitrogens with one attached hydrogen (secondary N) is 1. The molecule has 0 fully saturated rings. The average Bonchev–Trinajstić information content (AvgIpc) is 2.43. The predicted molar refractivity (Wildman–Crippen MR) is 75.6 cm³/mol. The fourth-order valence-corrected chi connectivity index (χ4v) is 1.64. The maximum atomic E-state index is 11.9. The second-order valence-corrected chi connectivity index (χ2v) is 4.16. The second kappa shape index (κ2) is 8.04. The van der Waals surface area contributed by atoms with Crippen molar-refractivity contribution in [1.29, 1.82) is 0 Å². The summed E-state index contributed by atoms with van der Waals surface area (Å²) in [6, 6.07) is 4.82. The Morgan fingerprint density at radius 3 is 2.70 bits per heavy atom. The van der Waals surface area contributed by atoms with Crippen molar-refractivity contribution in [3.63, 3.8) is 0 Å². The van der Waals surface area contributed by atoms with E-state index in [1.807, 2.05) is 0 Å². The number of anilines is 1. The molecular weight excluding hydrogens is 260 g/mol. The normalized spacial score (nSPS) is 9.90. The number of nitrogen functional groups attached to an aromatic ring is 1. The molecule has 6 heteroatoms. The van der Waals surface area contributed by atoms with Crippen LogP contribution < -0.4 is 15.8 Å². The summed E-state index contributed by atoms with van der Waals surface area (Å²) in [6.45, 7) is 2.52. The van der Waals surface area contributed by atoms with Crippen molar-refractivity contribution in [1.82, 2.24) is 5.32 Å². The van der Waals surface area contributed by atoms with Gasteiger partial charge < -0.3 is 20.5 Å². The number of carbonyl (C=O) groups excluding carboxylic acids is 2. The number of rotatable bonds is 7. The molecule has 0 aliphatic rings. The molecule has 0 atom stereocenters. The molecule has 0 heterocycles. The van der Waals surface area contributed by atoms with E-state index in [-0.39, 0.29) is 18.3 Å². The molecule has 0 saturated heterocycles. The Hall–Kier alpha value is -2.24. The molecule has 0 aromatic heterocycles. The van der Waals surface area contributed by atoms with Crippen LogP contribution in [0.4, 0.5) is 5.69 Å². The summed E-state index contributed by atoms with van der Waals surface area (Å²) in [5.41, 5.74) is 6.57. The Morgan fingerprint density at radius 1 is 1.30 bits per heavy atom. The number of amides is 1. The number of carbonyl (C=O) groups is 2. The highest BCUT2D eigenvalue weighted by atomic mass is 16.5. The van der Waals surface area contributed by atoms with Crippen LogP contribution in [0.1, 0.15) is 30.1 Å². The zero-order chi connectivity index (χ0) is 15.0. The number of esters is 1. The highest BCUT2D eigenvalue weighted by molar-refractivity contribution is 5.95. The molecule has 0 aliphatic heterocycles. The van der Waals surface area contributed by atoms with Crippen molar-refractivity contribution in [3.05, 3.63) is 23.8 Å². The number of methoxy groups -OCH3 is 1. The van der Waals surface area contributed by atoms with Crippen molar-refractivity contribution in [2.24, 2.45) is 0 Å². The van der Waals surface area contributed by atoms with Crippen LogP contribution in [-0.2, 0) is 9.53 Å². The Bertz CT molecular complexity index is 474. The van der Waals surface area contributed by atoms with Gasteiger partial charge in [-0.15, -0.1) is 0 Å². The van der Waals surface area contributed by atoms with Crippen molar-refractivity contribution in [3.8, 4) is 5.75 Å². The zero-order valence-corrected chi connectivity index (χ0v) is 11.8. The fourth-order valence-electron chi connectivity index (χ4n) is 1.64. The Balaban J connectivity index is 2.43. The number of benzene rings is 1. The van der Waals surface area contributed by atoms with E-state index < -0.39 is 0 Å². The quantitative estimate of drug-likeness (QED) is 0.447. The summed E-state index contributed by atoms with van der Waals surface area (Å²) < 4.78 is 9.84. The van der Waals surface area contributed by atoms with Gasteiger partial charge >= 0.3 is 5.97 Å². The molecule has 1 amide bonds. The molecule has 20 heavy (non-hydrogen) atoms. The first kappa shape index (κ1) is 15.8. The van der Waals surface area contributed by atoms with Gasteiger partial charge in [0, 0.05) is 30.3 Å². The van der Waals surface area contributed by atoms with Gasteiger partial charge in [-0.25, -0.2) is 0 Å². The minimum absolute atomic E-state index is 0.251. The summed E-state index contributed by atoms with van der Waals surface area (Å²) in [5.74, 6) is 0.0218. The lowest BCUT2D eigenvalue weighted by atomic mass is 10.1. The van der Waals surface area contributed by atoms with Crippen LogP contribution in [0.15, 0.2) is 18.2 Å². The van der Waals surface area contributed by atoms with Crippen molar-refractivity contribution in [2.45, 2.75) is 19.8 Å². The van der Waals surface area contributed by atoms with Gasteiger partial charge in [0.1, 0.15) is 5.75 Å². The summed E-state index contributed by atoms with van der Waals surface area (Å²) in [6.07, 6.45) is 0.818. The molecule has 0 spiro atoms. The van der Waals surface area contributed by atoms with E-state index in [9.17, 15) is 9.59 Å². The van der Waals surface area contributed by atoms with E-state index in [1.165, 1.54) is 7.11 Å². The van der Waals surface area contributed by atoms with Crippen LogP contribution in [0.5, 0.6) is 5.75 Å². The van der Waals surface area contributed by atoms with Gasteiger partial charge in [-0.3, -0.25) is 9.59 Å². The van der Waals surface area contributed by atoms with E-state index in [0.717, 1.165) is 0 Å². The summed E-state index contributed by atoms with van der Waals surface area (Å²) >= 11 is 0. The maximum Gasteiger partial charge on any atom is 0.305 e. The lowest BCUT2D eigenvalue weighted by molar-refractivity contribution is -0.143. The van der Waals surface area contributed by atoms with Gasteiger partial charge in [-0.05, 0) is 25.5 Å². The van der Waals surface area contributed by atoms with Crippen molar-refractivity contribution >= 4 is 17.6 Å². The first-order valence-corrected chi connectivity index (χ1v) is 6.45. The summed E-state index contributed by atoms with van der Waals surface area (Å²) in [7, 11) is 1.51. The second-order valence-electron chi connectivity index (χ2n) is 4.16. The molecule has 1 rings (SSSR count). The molecule has 0 bridgehead atoms. The topological polar surface area (TPSA) is 90.7 Å². The predicted octanol–water partition coefficient (Wildman–Crippen LogP) is 1.35. The van der Waals surface area contributed by atoms with E-state index in [4.69, 9.17) is 15.2 Å². The molecule has 0 unspecified atom stereocenters. The van der Waals surface area contributed by atoms with Crippen LogP contribution in [0.3, 0.4) is 0 Å². The molecule has 0 aliphatic carbocycles. The van der Waals surface area contributed by atoms with Gasteiger partial charge in [-0.2, -0.15) is 0 Å². The molecule has 0 radical (unpaired) electrons. The van der Waals surface area contributed by atoms with Gasteiger partial charge in [0.15, 0.2) is 0 Å². The first-order chi connectivity index (χ1) is 9.56. The fraction of sp³-hybridized carbons (Fsp3) is 0.429. The lowest BCUT2D eigenvalue weighted by Crippen LogP contribution is -2.25. The average molecular weight is 280 g/mol. The molecule has 3 N–H and O–H groups in total. The van der Waals surface area contributed by atoms with Crippen LogP contribution >= 0.6 is 0 Å². The monoisotopic (exact) mass is 280 g/mol. The molecular formula is C14H20N2O4. The van der Waals surface area contributed by atoms with Crippen LogP contribution in [0.25, 0.3) is 0 Å². The van der Waals surface area contributed by atoms with E-state index in [1.54, 1.807) is 25.1 Å². The summed E-state index contributed by atoms with van der Waals surface area (Å²) in [4.78, 5) is 23.0. The number of ether oxygens (including phenoxy) is 2. The largest absolute Gasteiger partial charge is 0.497 e. The van der Waals surface area contributed by atoms with Crippen LogP contribution in [0, 0.1) is 0 Å². The van der Waals surface area contributed by atoms with Gasteiger partial charge in [0.2, 0.25) is 0 Å². The minimum Gasteiger partial charge on any atom is -0.497 e. The van der Waals surface area contributed by atoms with E-state index >= 15 is 0 Å². The number of nitrogens with two attached hydrogens (primary N) is 1. The molecule has 1 aromatic carbocycles. The van der Waals surface area contributed by atoms with Crippen LogP contribution in [-0.4, -0.2) is 32.1 Å². The first-order valence-electron chi connectivity index (χ1n) is 6.45. The Morgan fingerprint density at radius 2 is 2.05 bits per heavy atom.